The van der Waals surface area contributed by atoms with Crippen LogP contribution in [0.25, 0.3) is 0 Å². The van der Waals surface area contributed by atoms with E-state index in [1.165, 1.54) is 0 Å². The Kier molecular flexibility index (Phi) is 5.53. The summed E-state index contributed by atoms with van der Waals surface area (Å²) >= 11 is 0. The fourth-order valence-electron chi connectivity index (χ4n) is 1.82. The molecule has 2 N–H and O–H groups in total. The summed E-state index contributed by atoms with van der Waals surface area (Å²) in [6.45, 7) is 3.26. The Morgan fingerprint density at radius 3 is 1.46 bits per heavy atom. The lowest BCUT2D eigenvalue weighted by Gasteiger charge is -2.05. The number of aromatic hydroxyl groups is 2. The van der Waals surface area contributed by atoms with Crippen molar-refractivity contribution in [3.8, 4) is 23.0 Å². The summed E-state index contributed by atoms with van der Waals surface area (Å²) in [5, 5.41) is 18.1. The van der Waals surface area contributed by atoms with Gasteiger partial charge in [0.2, 0.25) is 0 Å². The molecule has 2 aliphatic heterocycles. The van der Waals surface area contributed by atoms with E-state index in [-0.39, 0.29) is 11.5 Å². The molecule has 0 amide bonds. The van der Waals surface area contributed by atoms with Gasteiger partial charge in [0.15, 0.2) is 0 Å². The largest absolute Gasteiger partial charge is 0.508 e. The second-order valence-electron chi connectivity index (χ2n) is 5.54. The molecule has 6 heteroatoms. The van der Waals surface area contributed by atoms with Gasteiger partial charge in [0.25, 0.3) is 0 Å². The van der Waals surface area contributed by atoms with E-state index in [0.29, 0.717) is 23.7 Å². The molecule has 0 saturated carbocycles. The van der Waals surface area contributed by atoms with E-state index in [1.54, 1.807) is 48.5 Å². The highest BCUT2D eigenvalue weighted by Crippen LogP contribution is 2.24. The molecule has 2 aromatic rings. The van der Waals surface area contributed by atoms with E-state index < -0.39 is 0 Å². The number of phenolic OH excluding ortho intramolecular Hbond substituents is 2. The van der Waals surface area contributed by atoms with Gasteiger partial charge in [-0.3, -0.25) is 0 Å². The minimum atomic E-state index is 0.202. The number of phenols is 2. The zero-order valence-corrected chi connectivity index (χ0v) is 13.1. The lowest BCUT2D eigenvalue weighted by Crippen LogP contribution is -2.06. The molecule has 2 unspecified atom stereocenters. The molecular weight excluding hydrogens is 312 g/mol. The van der Waals surface area contributed by atoms with Crippen molar-refractivity contribution in [2.75, 3.05) is 26.4 Å². The van der Waals surface area contributed by atoms with Crippen LogP contribution in [0.3, 0.4) is 0 Å². The second kappa shape index (κ2) is 8.01. The van der Waals surface area contributed by atoms with Crippen molar-refractivity contribution in [1.82, 2.24) is 0 Å². The van der Waals surface area contributed by atoms with Gasteiger partial charge in [-0.15, -0.1) is 0 Å². The van der Waals surface area contributed by atoms with Crippen molar-refractivity contribution < 1.29 is 29.2 Å². The lowest BCUT2D eigenvalue weighted by atomic mass is 10.3. The average Bonchev–Trinajstić information content (AvgIpc) is 3.48. The van der Waals surface area contributed by atoms with Crippen molar-refractivity contribution >= 4 is 0 Å². The normalized spacial score (nSPS) is 20.7. The number of hydrogen-bond acceptors (Lipinski definition) is 6. The van der Waals surface area contributed by atoms with Gasteiger partial charge in [0, 0.05) is 0 Å². The minimum Gasteiger partial charge on any atom is -0.508 e. The Morgan fingerprint density at radius 1 is 0.750 bits per heavy atom. The molecule has 2 aliphatic rings. The van der Waals surface area contributed by atoms with Crippen molar-refractivity contribution in [3.63, 3.8) is 0 Å². The topological polar surface area (TPSA) is 84.0 Å². The van der Waals surface area contributed by atoms with Gasteiger partial charge in [-0.2, -0.15) is 0 Å². The average molecular weight is 332 g/mol. The van der Waals surface area contributed by atoms with Crippen molar-refractivity contribution in [2.24, 2.45) is 0 Å². The zero-order valence-electron chi connectivity index (χ0n) is 13.1. The molecule has 2 atom stereocenters. The highest BCUT2D eigenvalue weighted by atomic mass is 16.6. The smallest absolute Gasteiger partial charge is 0.127 e. The third-order valence-electron chi connectivity index (χ3n) is 3.32. The van der Waals surface area contributed by atoms with E-state index in [9.17, 15) is 0 Å². The molecule has 24 heavy (non-hydrogen) atoms. The molecule has 2 heterocycles. The molecule has 0 radical (unpaired) electrons. The quantitative estimate of drug-likeness (QED) is 0.791. The van der Waals surface area contributed by atoms with E-state index in [0.717, 1.165) is 26.4 Å². The lowest BCUT2D eigenvalue weighted by molar-refractivity contribution is 0.102. The first kappa shape index (κ1) is 16.6. The zero-order chi connectivity index (χ0) is 16.8. The summed E-state index contributed by atoms with van der Waals surface area (Å²) in [6.07, 6.45) is 0.785. The van der Waals surface area contributed by atoms with Gasteiger partial charge in [-0.05, 0) is 48.5 Å². The van der Waals surface area contributed by atoms with Crippen LogP contribution in [0.1, 0.15) is 0 Å². The van der Waals surface area contributed by atoms with Gasteiger partial charge in [0.05, 0.1) is 26.4 Å². The van der Waals surface area contributed by atoms with Gasteiger partial charge >= 0.3 is 0 Å². The maximum Gasteiger partial charge on any atom is 0.127 e. The molecule has 2 saturated heterocycles. The second-order valence-corrected chi connectivity index (χ2v) is 5.54. The van der Waals surface area contributed by atoms with E-state index in [4.69, 9.17) is 29.2 Å². The third kappa shape index (κ3) is 6.08. The first-order valence-electron chi connectivity index (χ1n) is 7.76. The van der Waals surface area contributed by atoms with Crippen LogP contribution in [-0.2, 0) is 14.2 Å². The molecular formula is C18H20O6. The summed E-state index contributed by atoms with van der Waals surface area (Å²) in [5.41, 5.74) is 0. The number of benzene rings is 2. The Morgan fingerprint density at radius 2 is 1.12 bits per heavy atom. The fourth-order valence-corrected chi connectivity index (χ4v) is 1.82. The first-order chi connectivity index (χ1) is 11.7. The Bertz CT molecular complexity index is 561. The highest BCUT2D eigenvalue weighted by Gasteiger charge is 2.26. The van der Waals surface area contributed by atoms with Crippen LogP contribution in [0.5, 0.6) is 23.0 Å². The Hall–Kier alpha value is -2.28. The van der Waals surface area contributed by atoms with Crippen molar-refractivity contribution in [3.05, 3.63) is 48.5 Å². The predicted octanol–water partition coefficient (Wildman–Crippen LogP) is 2.69. The van der Waals surface area contributed by atoms with Gasteiger partial charge in [0.1, 0.15) is 35.2 Å². The van der Waals surface area contributed by atoms with Gasteiger partial charge in [-0.1, -0.05) is 0 Å². The molecule has 6 nitrogen and oxygen atoms in total. The fraction of sp³-hybridized carbons (Fsp3) is 0.333. The number of hydrogen-bond donors (Lipinski definition) is 2. The molecule has 0 bridgehead atoms. The summed E-state index contributed by atoms with van der Waals surface area (Å²) in [5.74, 6) is 1.68. The summed E-state index contributed by atoms with van der Waals surface area (Å²) in [6, 6.07) is 12.9. The maximum atomic E-state index is 9.07. The molecule has 0 aromatic heterocycles. The van der Waals surface area contributed by atoms with Crippen LogP contribution >= 0.6 is 0 Å². The molecule has 128 valence electrons. The van der Waals surface area contributed by atoms with Gasteiger partial charge in [-0.25, -0.2) is 0 Å². The number of ether oxygens (including phenoxy) is 4. The molecule has 0 spiro atoms. The van der Waals surface area contributed by atoms with Crippen LogP contribution in [0, 0.1) is 0 Å². The van der Waals surface area contributed by atoms with Crippen molar-refractivity contribution in [1.29, 1.82) is 0 Å². The Balaban J connectivity index is 0.000000159. The maximum absolute atomic E-state index is 9.07. The number of rotatable bonds is 6. The van der Waals surface area contributed by atoms with Crippen LogP contribution in [0.2, 0.25) is 0 Å². The van der Waals surface area contributed by atoms with Crippen LogP contribution in [0.4, 0.5) is 0 Å². The highest BCUT2D eigenvalue weighted by molar-refractivity contribution is 5.36. The summed E-state index contributed by atoms with van der Waals surface area (Å²) in [7, 11) is 0. The van der Waals surface area contributed by atoms with Crippen molar-refractivity contribution in [2.45, 2.75) is 12.2 Å². The predicted molar refractivity (Wildman–Crippen MR) is 86.6 cm³/mol. The SMILES string of the molecule is C(OCC1CO1)C1CO1.Oc1ccc(Oc2ccc(O)cc2)cc1. The molecule has 4 rings (SSSR count). The van der Waals surface area contributed by atoms with E-state index >= 15 is 0 Å². The van der Waals surface area contributed by atoms with Crippen LogP contribution in [0.15, 0.2) is 48.5 Å². The summed E-state index contributed by atoms with van der Waals surface area (Å²) in [4.78, 5) is 0. The third-order valence-corrected chi connectivity index (χ3v) is 3.32. The number of epoxide rings is 2. The Labute approximate surface area is 140 Å². The molecule has 2 aromatic carbocycles. The van der Waals surface area contributed by atoms with E-state index in [1.807, 2.05) is 0 Å². The minimum absolute atomic E-state index is 0.202. The monoisotopic (exact) mass is 332 g/mol. The summed E-state index contributed by atoms with van der Waals surface area (Å²) < 4.78 is 20.6. The molecule has 0 aliphatic carbocycles. The first-order valence-corrected chi connectivity index (χ1v) is 7.76. The van der Waals surface area contributed by atoms with Crippen LogP contribution in [-0.4, -0.2) is 48.8 Å². The molecule has 2 fully saturated rings. The van der Waals surface area contributed by atoms with Crippen LogP contribution < -0.4 is 4.74 Å². The standard InChI is InChI=1S/C12H10O3.C6H10O3/c13-9-1-5-11(6-2-9)15-12-7-3-10(14)4-8-12;1(5-3-8-5)7-2-6-4-9-6/h1-8,13-14H;5-6H,1-4H2. The van der Waals surface area contributed by atoms with Gasteiger partial charge < -0.3 is 29.2 Å². The van der Waals surface area contributed by atoms with E-state index in [2.05, 4.69) is 0 Å².